The van der Waals surface area contributed by atoms with Crippen molar-refractivity contribution >= 4 is 17.3 Å². The average molecular weight is 254 g/mol. The standard InChI is InChI=1S/C14H26N2S/c1-11-6-5-7-12(11)10-15-14(17)16-13-8-3-2-4-9-13/h11-13H,2-10H2,1H3,(H2,15,16,17). The van der Waals surface area contributed by atoms with Crippen molar-refractivity contribution in [3.05, 3.63) is 0 Å². The fourth-order valence-electron chi connectivity index (χ4n) is 3.23. The van der Waals surface area contributed by atoms with Crippen LogP contribution in [-0.4, -0.2) is 17.7 Å². The van der Waals surface area contributed by atoms with E-state index in [1.54, 1.807) is 0 Å². The Morgan fingerprint density at radius 2 is 1.82 bits per heavy atom. The lowest BCUT2D eigenvalue weighted by molar-refractivity contribution is 0.399. The van der Waals surface area contributed by atoms with Crippen molar-refractivity contribution < 1.29 is 0 Å². The highest BCUT2D eigenvalue weighted by Crippen LogP contribution is 2.30. The Labute approximate surface area is 111 Å². The minimum absolute atomic E-state index is 0.629. The van der Waals surface area contributed by atoms with Crippen molar-refractivity contribution in [1.82, 2.24) is 10.6 Å². The molecular formula is C14H26N2S. The van der Waals surface area contributed by atoms with E-state index in [2.05, 4.69) is 17.6 Å². The molecule has 2 unspecified atom stereocenters. The molecule has 2 nitrogen and oxygen atoms in total. The van der Waals surface area contributed by atoms with Crippen molar-refractivity contribution in [2.24, 2.45) is 11.8 Å². The van der Waals surface area contributed by atoms with Crippen LogP contribution in [0, 0.1) is 11.8 Å². The molecule has 2 fully saturated rings. The van der Waals surface area contributed by atoms with Crippen LogP contribution in [0.5, 0.6) is 0 Å². The first kappa shape index (κ1) is 13.1. The van der Waals surface area contributed by atoms with E-state index in [-0.39, 0.29) is 0 Å². The summed E-state index contributed by atoms with van der Waals surface area (Å²) in [6.07, 6.45) is 10.9. The quantitative estimate of drug-likeness (QED) is 0.756. The van der Waals surface area contributed by atoms with Crippen LogP contribution in [0.4, 0.5) is 0 Å². The van der Waals surface area contributed by atoms with E-state index in [9.17, 15) is 0 Å². The first-order valence-electron chi connectivity index (χ1n) is 7.30. The molecule has 0 aromatic heterocycles. The second-order valence-electron chi connectivity index (χ2n) is 5.86. The predicted octanol–water partition coefficient (Wildman–Crippen LogP) is 3.22. The molecule has 0 aliphatic heterocycles. The predicted molar refractivity (Wildman–Crippen MR) is 77.1 cm³/mol. The maximum atomic E-state index is 5.39. The lowest BCUT2D eigenvalue weighted by Crippen LogP contribution is -2.44. The third-order valence-corrected chi connectivity index (χ3v) is 4.77. The lowest BCUT2D eigenvalue weighted by atomic mass is 9.96. The average Bonchev–Trinajstić information content (AvgIpc) is 2.74. The molecule has 0 aromatic rings. The summed E-state index contributed by atoms with van der Waals surface area (Å²) < 4.78 is 0. The molecule has 0 radical (unpaired) electrons. The second kappa shape index (κ2) is 6.58. The van der Waals surface area contributed by atoms with Crippen molar-refractivity contribution in [3.63, 3.8) is 0 Å². The maximum absolute atomic E-state index is 5.39. The summed E-state index contributed by atoms with van der Waals surface area (Å²) in [6.45, 7) is 3.44. The molecule has 2 aliphatic rings. The van der Waals surface area contributed by atoms with Gasteiger partial charge in [-0.2, -0.15) is 0 Å². The second-order valence-corrected chi connectivity index (χ2v) is 6.27. The van der Waals surface area contributed by atoms with Crippen molar-refractivity contribution in [1.29, 1.82) is 0 Å². The molecule has 2 aliphatic carbocycles. The first-order valence-corrected chi connectivity index (χ1v) is 7.71. The summed E-state index contributed by atoms with van der Waals surface area (Å²) in [7, 11) is 0. The van der Waals surface area contributed by atoms with E-state index in [4.69, 9.17) is 12.2 Å². The van der Waals surface area contributed by atoms with E-state index in [1.807, 2.05) is 0 Å². The third kappa shape index (κ3) is 4.13. The van der Waals surface area contributed by atoms with Crippen LogP contribution in [-0.2, 0) is 0 Å². The number of hydrogen-bond acceptors (Lipinski definition) is 1. The summed E-state index contributed by atoms with van der Waals surface area (Å²) in [4.78, 5) is 0. The van der Waals surface area contributed by atoms with Gasteiger partial charge >= 0.3 is 0 Å². The highest BCUT2D eigenvalue weighted by molar-refractivity contribution is 7.80. The molecule has 2 saturated carbocycles. The van der Waals surface area contributed by atoms with Crippen LogP contribution in [0.15, 0.2) is 0 Å². The molecule has 2 rings (SSSR count). The fraction of sp³-hybridized carbons (Fsp3) is 0.929. The highest BCUT2D eigenvalue weighted by atomic mass is 32.1. The maximum Gasteiger partial charge on any atom is 0.166 e. The molecule has 0 saturated heterocycles. The van der Waals surface area contributed by atoms with Crippen LogP contribution in [0.3, 0.4) is 0 Å². The van der Waals surface area contributed by atoms with Crippen molar-refractivity contribution in [2.75, 3.05) is 6.54 Å². The summed E-state index contributed by atoms with van der Waals surface area (Å²) in [5.41, 5.74) is 0. The van der Waals surface area contributed by atoms with Crippen LogP contribution < -0.4 is 10.6 Å². The monoisotopic (exact) mass is 254 g/mol. The molecule has 0 bridgehead atoms. The van der Waals surface area contributed by atoms with Gasteiger partial charge in [0.2, 0.25) is 0 Å². The molecule has 0 aromatic carbocycles. The summed E-state index contributed by atoms with van der Waals surface area (Å²) >= 11 is 5.39. The van der Waals surface area contributed by atoms with Gasteiger partial charge in [0, 0.05) is 12.6 Å². The molecule has 0 spiro atoms. The Balaban J connectivity index is 1.63. The Morgan fingerprint density at radius 3 is 2.47 bits per heavy atom. The van der Waals surface area contributed by atoms with Crippen molar-refractivity contribution in [3.8, 4) is 0 Å². The summed E-state index contributed by atoms with van der Waals surface area (Å²) in [5, 5.41) is 7.79. The molecule has 2 N–H and O–H groups in total. The van der Waals surface area contributed by atoms with E-state index in [0.717, 1.165) is 23.5 Å². The Morgan fingerprint density at radius 1 is 1.06 bits per heavy atom. The summed E-state index contributed by atoms with van der Waals surface area (Å²) in [5.74, 6) is 1.71. The molecule has 3 heteroatoms. The van der Waals surface area contributed by atoms with Gasteiger partial charge in [-0.25, -0.2) is 0 Å². The number of rotatable bonds is 3. The third-order valence-electron chi connectivity index (χ3n) is 4.50. The number of hydrogen-bond donors (Lipinski definition) is 2. The Bertz CT molecular complexity index is 249. The minimum Gasteiger partial charge on any atom is -0.362 e. The van der Waals surface area contributed by atoms with Crippen LogP contribution in [0.2, 0.25) is 0 Å². The van der Waals surface area contributed by atoms with E-state index < -0.39 is 0 Å². The van der Waals surface area contributed by atoms with E-state index in [1.165, 1.54) is 51.4 Å². The molecule has 98 valence electrons. The normalized spacial score (nSPS) is 30.2. The zero-order valence-corrected chi connectivity index (χ0v) is 11.8. The van der Waals surface area contributed by atoms with Crippen LogP contribution in [0.25, 0.3) is 0 Å². The van der Waals surface area contributed by atoms with Gasteiger partial charge in [-0.15, -0.1) is 0 Å². The zero-order valence-electron chi connectivity index (χ0n) is 11.0. The van der Waals surface area contributed by atoms with E-state index in [0.29, 0.717) is 6.04 Å². The van der Waals surface area contributed by atoms with Gasteiger partial charge < -0.3 is 10.6 Å². The molecule has 2 atom stereocenters. The van der Waals surface area contributed by atoms with Gasteiger partial charge in [-0.3, -0.25) is 0 Å². The molecular weight excluding hydrogens is 228 g/mol. The SMILES string of the molecule is CC1CCCC1CNC(=S)NC1CCCCC1. The smallest absolute Gasteiger partial charge is 0.166 e. The van der Waals surface area contributed by atoms with Gasteiger partial charge in [0.05, 0.1) is 0 Å². The first-order chi connectivity index (χ1) is 8.25. The van der Waals surface area contributed by atoms with E-state index >= 15 is 0 Å². The van der Waals surface area contributed by atoms with Gasteiger partial charge in [0.15, 0.2) is 5.11 Å². The Hall–Kier alpha value is -0.310. The topological polar surface area (TPSA) is 24.1 Å². The Kier molecular flexibility index (Phi) is 5.08. The zero-order chi connectivity index (χ0) is 12.1. The van der Waals surface area contributed by atoms with Gasteiger partial charge in [0.1, 0.15) is 0 Å². The number of thiocarbonyl (C=S) groups is 1. The lowest BCUT2D eigenvalue weighted by Gasteiger charge is -2.25. The fourth-order valence-corrected chi connectivity index (χ4v) is 3.48. The van der Waals surface area contributed by atoms with Gasteiger partial charge in [-0.1, -0.05) is 39.0 Å². The van der Waals surface area contributed by atoms with Crippen LogP contribution >= 0.6 is 12.2 Å². The van der Waals surface area contributed by atoms with Crippen molar-refractivity contribution in [2.45, 2.75) is 64.3 Å². The molecule has 17 heavy (non-hydrogen) atoms. The summed E-state index contributed by atoms with van der Waals surface area (Å²) in [6, 6.07) is 0.629. The van der Waals surface area contributed by atoms with Gasteiger partial charge in [-0.05, 0) is 43.3 Å². The number of nitrogens with one attached hydrogen (secondary N) is 2. The van der Waals surface area contributed by atoms with Gasteiger partial charge in [0.25, 0.3) is 0 Å². The van der Waals surface area contributed by atoms with Crippen LogP contribution in [0.1, 0.15) is 58.3 Å². The highest BCUT2D eigenvalue weighted by Gasteiger charge is 2.23. The largest absolute Gasteiger partial charge is 0.362 e. The molecule has 0 amide bonds. The minimum atomic E-state index is 0.629. The molecule has 0 heterocycles.